The minimum atomic E-state index is -1.42. The number of rotatable bonds is 8. The Kier molecular flexibility index (Phi) is 19.7. The Bertz CT molecular complexity index is 3010. The first-order chi connectivity index (χ1) is 35.0. The molecule has 0 atom stereocenters. The van der Waals surface area contributed by atoms with Crippen molar-refractivity contribution in [3.63, 3.8) is 0 Å². The molecular formula is C68H89Cl2Si5Zr-3. The molecule has 1 heterocycles. The van der Waals surface area contributed by atoms with E-state index in [1.54, 1.807) is 20.7 Å². The molecule has 0 saturated carbocycles. The minimum absolute atomic E-state index is 0.165. The van der Waals surface area contributed by atoms with Gasteiger partial charge in [-0.3, -0.25) is 0 Å². The van der Waals surface area contributed by atoms with Crippen molar-refractivity contribution < 1.29 is 20.8 Å². The van der Waals surface area contributed by atoms with Crippen LogP contribution in [0.15, 0.2) is 127 Å². The molecule has 0 bridgehead atoms. The van der Waals surface area contributed by atoms with Gasteiger partial charge >= 0.3 is 37.9 Å². The summed E-state index contributed by atoms with van der Waals surface area (Å²) < 4.78 is 0. The van der Waals surface area contributed by atoms with Crippen molar-refractivity contribution in [3.8, 4) is 33.4 Å². The van der Waals surface area contributed by atoms with Crippen molar-refractivity contribution in [1.82, 2.24) is 0 Å². The van der Waals surface area contributed by atoms with Crippen LogP contribution in [0.3, 0.4) is 0 Å². The summed E-state index contributed by atoms with van der Waals surface area (Å²) in [5.74, 6) is 1.01. The second kappa shape index (κ2) is 24.0. The zero-order valence-corrected chi connectivity index (χ0v) is 59.5. The average molecular weight is 1210 g/mol. The Morgan fingerprint density at radius 1 is 0.474 bits per heavy atom. The van der Waals surface area contributed by atoms with E-state index in [-0.39, 0.29) is 10.8 Å². The molecular weight excluding hydrogens is 1120 g/mol. The van der Waals surface area contributed by atoms with E-state index in [4.69, 9.17) is 17.0 Å². The Balaban J connectivity index is 0.000000192. The zero-order valence-electron chi connectivity index (χ0n) is 50.5. The third kappa shape index (κ3) is 14.9. The van der Waals surface area contributed by atoms with Gasteiger partial charge in [0, 0.05) is 0 Å². The van der Waals surface area contributed by atoms with E-state index in [2.05, 4.69) is 275 Å². The first-order valence-corrected chi connectivity index (χ1v) is 49.0. The molecule has 0 aliphatic carbocycles. The van der Waals surface area contributed by atoms with Gasteiger partial charge in [0.15, 0.2) is 0 Å². The number of hydrogen-bond acceptors (Lipinski definition) is 0. The standard InChI is InChI=1S/2C28H41Si2.C12H7Si.2ClH.Zr/c2*1-19(2)25-13-12-20-14-22(28(3,4)5)17-26(20)27(25)21-15-23(29(6,7)8)18-24(16-21)30(9,10)11;1-3-7-11-9(5-1)10-6-2-4-8-12(10)13-11;;;/h2*12-19H,1-11H3;1-7H;2*1H;/q3*-1;;;+2/p-2. The van der Waals surface area contributed by atoms with Crippen LogP contribution >= 0.6 is 17.0 Å². The summed E-state index contributed by atoms with van der Waals surface area (Å²) in [6.07, 6.45) is 0. The summed E-state index contributed by atoms with van der Waals surface area (Å²) in [5, 5.41) is 14.8. The maximum Gasteiger partial charge on any atom is 0.0920 e. The summed E-state index contributed by atoms with van der Waals surface area (Å²) in [5.41, 5.74) is 14.7. The Morgan fingerprint density at radius 2 is 0.829 bits per heavy atom. The Morgan fingerprint density at radius 3 is 1.17 bits per heavy atom. The fraction of sp³-hybridized carbons (Fsp3) is 0.382. The molecule has 0 amide bonds. The fourth-order valence-corrected chi connectivity index (χ4v) is 16.4. The summed E-state index contributed by atoms with van der Waals surface area (Å²) >= 11 is -0.826. The number of halogens is 2. The van der Waals surface area contributed by atoms with Crippen LogP contribution in [-0.4, -0.2) is 41.8 Å². The van der Waals surface area contributed by atoms with E-state index >= 15 is 0 Å². The van der Waals surface area contributed by atoms with Crippen molar-refractivity contribution in [2.45, 2.75) is 170 Å². The summed E-state index contributed by atoms with van der Waals surface area (Å²) in [6.45, 7) is 53.0. The monoisotopic (exact) mass is 1210 g/mol. The first-order valence-electron chi connectivity index (χ1n) is 27.7. The second-order valence-electron chi connectivity index (χ2n) is 28.2. The van der Waals surface area contributed by atoms with E-state index in [1.165, 1.54) is 87.6 Å². The quantitative estimate of drug-likeness (QED) is 0.105. The average Bonchev–Trinajstić information content (AvgIpc) is 4.06. The minimum Gasteiger partial charge on any atom is -0.184 e. The topological polar surface area (TPSA) is 0 Å². The van der Waals surface area contributed by atoms with Gasteiger partial charge in [-0.25, -0.2) is 0 Å². The summed E-state index contributed by atoms with van der Waals surface area (Å²) in [7, 11) is 4.97. The van der Waals surface area contributed by atoms with E-state index in [0.29, 0.717) is 11.8 Å². The largest absolute Gasteiger partial charge is 0.184 e. The van der Waals surface area contributed by atoms with Crippen molar-refractivity contribution in [2.75, 3.05) is 0 Å². The second-order valence-corrected chi connectivity index (χ2v) is 53.5. The van der Waals surface area contributed by atoms with E-state index in [9.17, 15) is 0 Å². The SMILES string of the molecule is CC(C)c1ccc2[cH-]c(C(C)(C)C)cc2c1-c1cc([Si](C)(C)C)cc([Si](C)(C)C)c1.CC(C)c1ccc2[cH-]c(C(C)(C)C)cc2c1-c1cc([Si](C)(C)C)cc([Si](C)(C)C)c1.[Cl][Zr][Cl].[c-]1cccc2c1[Si]c1ccccc1-2. The molecule has 0 nitrogen and oxygen atoms in total. The molecule has 8 aromatic carbocycles. The van der Waals surface area contributed by atoms with Gasteiger partial charge in [0.25, 0.3) is 0 Å². The van der Waals surface area contributed by atoms with E-state index < -0.39 is 53.1 Å². The molecule has 0 spiro atoms. The van der Waals surface area contributed by atoms with Crippen molar-refractivity contribution in [1.29, 1.82) is 0 Å². The van der Waals surface area contributed by atoms with E-state index in [1.807, 2.05) is 6.07 Å². The van der Waals surface area contributed by atoms with Crippen molar-refractivity contribution in [3.05, 3.63) is 156 Å². The zero-order chi connectivity index (χ0) is 56.7. The third-order valence-electron chi connectivity index (χ3n) is 15.1. The predicted octanol–water partition coefficient (Wildman–Crippen LogP) is 18.0. The van der Waals surface area contributed by atoms with Gasteiger partial charge in [-0.05, 0) is 33.8 Å². The van der Waals surface area contributed by atoms with Crippen LogP contribution in [0.2, 0.25) is 78.6 Å². The summed E-state index contributed by atoms with van der Waals surface area (Å²) in [4.78, 5) is 0. The van der Waals surface area contributed by atoms with Crippen molar-refractivity contribution >= 4 is 112 Å². The maximum absolute atomic E-state index is 4.93. The van der Waals surface area contributed by atoms with Crippen LogP contribution < -0.4 is 31.1 Å². The molecule has 9 rings (SSSR count). The molecule has 76 heavy (non-hydrogen) atoms. The molecule has 1 aliphatic rings. The van der Waals surface area contributed by atoms with Gasteiger partial charge in [0.1, 0.15) is 0 Å². The smallest absolute Gasteiger partial charge is 0.0920 e. The summed E-state index contributed by atoms with van der Waals surface area (Å²) in [6, 6.07) is 52.5. The van der Waals surface area contributed by atoms with Crippen LogP contribution in [0.25, 0.3) is 54.9 Å². The van der Waals surface area contributed by atoms with Gasteiger partial charge in [0.2, 0.25) is 0 Å². The van der Waals surface area contributed by atoms with Crippen LogP contribution in [0, 0.1) is 6.07 Å². The van der Waals surface area contributed by atoms with E-state index in [0.717, 1.165) is 9.52 Å². The van der Waals surface area contributed by atoms with Crippen LogP contribution in [-0.2, 0) is 31.7 Å². The van der Waals surface area contributed by atoms with Gasteiger partial charge < -0.3 is 0 Å². The number of hydrogen-bond donors (Lipinski definition) is 0. The molecule has 402 valence electrons. The van der Waals surface area contributed by atoms with Crippen molar-refractivity contribution in [2.24, 2.45) is 0 Å². The first kappa shape index (κ1) is 62.3. The molecule has 0 saturated heterocycles. The molecule has 1 aliphatic heterocycles. The van der Waals surface area contributed by atoms with Gasteiger partial charge in [0.05, 0.1) is 41.8 Å². The van der Waals surface area contributed by atoms with Gasteiger partial charge in [-0.15, -0.1) is 74.6 Å². The molecule has 0 fully saturated rings. The normalized spacial score (nSPS) is 12.9. The molecule has 0 aromatic heterocycles. The molecule has 8 heteroatoms. The maximum atomic E-state index is 4.93. The van der Waals surface area contributed by atoms with Crippen LogP contribution in [0.4, 0.5) is 0 Å². The van der Waals surface area contributed by atoms with Crippen LogP contribution in [0.5, 0.6) is 0 Å². The predicted molar refractivity (Wildman–Crippen MR) is 355 cm³/mol. The Hall–Kier alpha value is -2.91. The van der Waals surface area contributed by atoms with Gasteiger partial charge in [-0.2, -0.15) is 41.6 Å². The fourth-order valence-electron chi connectivity index (χ4n) is 10.1. The molecule has 2 radical (unpaired) electrons. The Labute approximate surface area is 487 Å². The molecule has 0 unspecified atom stereocenters. The third-order valence-corrected chi connectivity index (χ3v) is 24.5. The number of fused-ring (bicyclic) bond motifs is 5. The molecule has 0 N–H and O–H groups in total. The van der Waals surface area contributed by atoms with Gasteiger partial charge in [-0.1, -0.05) is 262 Å². The van der Waals surface area contributed by atoms with Crippen LogP contribution in [0.1, 0.15) is 103 Å². The number of benzene rings is 6. The molecule has 8 aromatic rings.